The molecule has 5 heteroatoms. The summed E-state index contributed by atoms with van der Waals surface area (Å²) in [6.07, 6.45) is 2.31. The third-order valence-electron chi connectivity index (χ3n) is 2.89. The van der Waals surface area contributed by atoms with E-state index in [2.05, 4.69) is 45.3 Å². The summed E-state index contributed by atoms with van der Waals surface area (Å²) in [5, 5.41) is 11.5. The van der Waals surface area contributed by atoms with E-state index in [-0.39, 0.29) is 0 Å². The van der Waals surface area contributed by atoms with Crippen LogP contribution in [0.15, 0.2) is 33.2 Å². The molecule has 0 spiro atoms. The lowest BCUT2D eigenvalue weighted by atomic mass is 10.2. The van der Waals surface area contributed by atoms with Crippen LogP contribution in [0.25, 0.3) is 11.5 Å². The van der Waals surface area contributed by atoms with Gasteiger partial charge in [-0.3, -0.25) is 0 Å². The molecule has 0 amide bonds. The van der Waals surface area contributed by atoms with Crippen LogP contribution in [0.5, 0.6) is 0 Å². The van der Waals surface area contributed by atoms with Gasteiger partial charge < -0.3 is 9.73 Å². The fourth-order valence-corrected chi connectivity index (χ4v) is 2.32. The summed E-state index contributed by atoms with van der Waals surface area (Å²) in [6.45, 7) is 4.95. The predicted octanol–water partition coefficient (Wildman–Crippen LogP) is 3.78. The molecular weight excluding hydrogens is 306 g/mol. The first-order valence-electron chi connectivity index (χ1n) is 6.51. The van der Waals surface area contributed by atoms with Gasteiger partial charge in [0.25, 0.3) is 0 Å². The van der Waals surface area contributed by atoms with Crippen molar-refractivity contribution in [2.24, 2.45) is 0 Å². The normalized spacial score (nSPS) is 12.6. The zero-order valence-electron chi connectivity index (χ0n) is 11.2. The molecular formula is C14H18BrN3O. The molecule has 0 radical (unpaired) electrons. The Kier molecular flexibility index (Phi) is 5.10. The average molecular weight is 324 g/mol. The Morgan fingerprint density at radius 1 is 1.32 bits per heavy atom. The molecule has 1 aromatic heterocycles. The highest BCUT2D eigenvalue weighted by atomic mass is 79.9. The Morgan fingerprint density at radius 2 is 2.11 bits per heavy atom. The van der Waals surface area contributed by atoms with E-state index in [1.807, 2.05) is 24.3 Å². The summed E-state index contributed by atoms with van der Waals surface area (Å²) in [4.78, 5) is 0. The van der Waals surface area contributed by atoms with Crippen molar-refractivity contribution in [2.45, 2.75) is 39.3 Å². The van der Waals surface area contributed by atoms with E-state index in [0.717, 1.165) is 16.5 Å². The van der Waals surface area contributed by atoms with Crippen molar-refractivity contribution in [3.8, 4) is 11.5 Å². The third kappa shape index (κ3) is 3.88. The van der Waals surface area contributed by atoms with Gasteiger partial charge in [0.05, 0.1) is 12.1 Å². The van der Waals surface area contributed by atoms with E-state index in [1.165, 1.54) is 6.42 Å². The van der Waals surface area contributed by atoms with Gasteiger partial charge in [0.2, 0.25) is 11.8 Å². The second-order valence-electron chi connectivity index (χ2n) is 4.55. The van der Waals surface area contributed by atoms with E-state index >= 15 is 0 Å². The lowest BCUT2D eigenvalue weighted by Crippen LogP contribution is -2.25. The van der Waals surface area contributed by atoms with Crippen LogP contribution >= 0.6 is 15.9 Å². The lowest BCUT2D eigenvalue weighted by Gasteiger charge is -2.09. The maximum absolute atomic E-state index is 5.66. The summed E-state index contributed by atoms with van der Waals surface area (Å²) in [5.74, 6) is 1.17. The van der Waals surface area contributed by atoms with E-state index in [1.54, 1.807) is 0 Å². The fourth-order valence-electron chi connectivity index (χ4n) is 1.87. The topological polar surface area (TPSA) is 51.0 Å². The molecule has 0 bridgehead atoms. The van der Waals surface area contributed by atoms with Crippen molar-refractivity contribution >= 4 is 15.9 Å². The van der Waals surface area contributed by atoms with Crippen LogP contribution in [0, 0.1) is 0 Å². The van der Waals surface area contributed by atoms with Gasteiger partial charge in [-0.2, -0.15) is 0 Å². The molecule has 0 aliphatic heterocycles. The molecule has 1 aromatic carbocycles. The van der Waals surface area contributed by atoms with E-state index < -0.39 is 0 Å². The van der Waals surface area contributed by atoms with Crippen molar-refractivity contribution in [2.75, 3.05) is 0 Å². The van der Waals surface area contributed by atoms with Crippen molar-refractivity contribution in [1.29, 1.82) is 0 Å². The number of halogens is 1. The van der Waals surface area contributed by atoms with E-state index in [0.29, 0.717) is 24.4 Å². The minimum atomic E-state index is 0.462. The van der Waals surface area contributed by atoms with Gasteiger partial charge in [0.15, 0.2) is 0 Å². The first-order valence-corrected chi connectivity index (χ1v) is 7.30. The smallest absolute Gasteiger partial charge is 0.248 e. The number of rotatable bonds is 6. The molecule has 2 rings (SSSR count). The predicted molar refractivity (Wildman–Crippen MR) is 78.6 cm³/mol. The van der Waals surface area contributed by atoms with Gasteiger partial charge in [-0.05, 0) is 41.4 Å². The molecule has 0 aliphatic rings. The van der Waals surface area contributed by atoms with Crippen molar-refractivity contribution in [3.05, 3.63) is 34.6 Å². The number of nitrogens with one attached hydrogen (secondary N) is 1. The maximum atomic E-state index is 5.66. The summed E-state index contributed by atoms with van der Waals surface area (Å²) < 4.78 is 6.62. The molecule has 0 fully saturated rings. The average Bonchev–Trinajstić information content (AvgIpc) is 2.86. The number of nitrogens with zero attached hydrogens (tertiary/aromatic N) is 2. The second-order valence-corrected chi connectivity index (χ2v) is 5.41. The highest BCUT2D eigenvalue weighted by Gasteiger charge is 2.11. The molecule has 0 saturated carbocycles. The van der Waals surface area contributed by atoms with Gasteiger partial charge in [0.1, 0.15) is 0 Å². The monoisotopic (exact) mass is 323 g/mol. The molecule has 0 aliphatic carbocycles. The molecule has 19 heavy (non-hydrogen) atoms. The van der Waals surface area contributed by atoms with E-state index in [4.69, 9.17) is 4.42 Å². The van der Waals surface area contributed by atoms with Gasteiger partial charge in [-0.25, -0.2) is 0 Å². The Bertz CT molecular complexity index is 527. The highest BCUT2D eigenvalue weighted by molar-refractivity contribution is 9.10. The Balaban J connectivity index is 2.02. The minimum Gasteiger partial charge on any atom is -0.419 e. The zero-order chi connectivity index (χ0) is 13.7. The summed E-state index contributed by atoms with van der Waals surface area (Å²) in [6, 6.07) is 8.28. The van der Waals surface area contributed by atoms with Crippen molar-refractivity contribution < 1.29 is 4.42 Å². The van der Waals surface area contributed by atoms with Crippen LogP contribution in [0.4, 0.5) is 0 Å². The third-order valence-corrected chi connectivity index (χ3v) is 3.59. The highest BCUT2D eigenvalue weighted by Crippen LogP contribution is 2.26. The SMILES string of the molecule is CCCC(C)NCc1nnc(-c2ccccc2Br)o1. The Hall–Kier alpha value is -1.20. The quantitative estimate of drug-likeness (QED) is 0.879. The maximum Gasteiger partial charge on any atom is 0.248 e. The van der Waals surface area contributed by atoms with Gasteiger partial charge in [-0.15, -0.1) is 10.2 Å². The van der Waals surface area contributed by atoms with Crippen LogP contribution in [-0.2, 0) is 6.54 Å². The first-order chi connectivity index (χ1) is 9.20. The van der Waals surface area contributed by atoms with Gasteiger partial charge in [0, 0.05) is 10.5 Å². The van der Waals surface area contributed by atoms with Crippen molar-refractivity contribution in [1.82, 2.24) is 15.5 Å². The number of aromatic nitrogens is 2. The standard InChI is InChI=1S/C14H18BrN3O/c1-3-6-10(2)16-9-13-17-18-14(19-13)11-7-4-5-8-12(11)15/h4-5,7-8,10,16H,3,6,9H2,1-2H3. The molecule has 2 aromatic rings. The molecule has 0 saturated heterocycles. The summed E-state index contributed by atoms with van der Waals surface area (Å²) >= 11 is 3.48. The zero-order valence-corrected chi connectivity index (χ0v) is 12.8. The Labute approximate surface area is 121 Å². The van der Waals surface area contributed by atoms with Crippen molar-refractivity contribution in [3.63, 3.8) is 0 Å². The molecule has 1 atom stereocenters. The summed E-state index contributed by atoms with van der Waals surface area (Å²) in [5.41, 5.74) is 0.919. The van der Waals surface area contributed by atoms with E-state index in [9.17, 15) is 0 Å². The Morgan fingerprint density at radius 3 is 2.84 bits per heavy atom. The van der Waals surface area contributed by atoms with Gasteiger partial charge in [-0.1, -0.05) is 25.5 Å². The van der Waals surface area contributed by atoms with Crippen LogP contribution in [0.3, 0.4) is 0 Å². The fraction of sp³-hybridized carbons (Fsp3) is 0.429. The number of benzene rings is 1. The molecule has 1 heterocycles. The van der Waals surface area contributed by atoms with Crippen LogP contribution < -0.4 is 5.32 Å². The second kappa shape index (κ2) is 6.82. The molecule has 4 nitrogen and oxygen atoms in total. The van der Waals surface area contributed by atoms with Crippen LogP contribution in [0.1, 0.15) is 32.6 Å². The molecule has 1 N–H and O–H groups in total. The lowest BCUT2D eigenvalue weighted by molar-refractivity contribution is 0.436. The molecule has 1 unspecified atom stereocenters. The van der Waals surface area contributed by atoms with Gasteiger partial charge >= 0.3 is 0 Å². The number of hydrogen-bond donors (Lipinski definition) is 1. The first kappa shape index (κ1) is 14.2. The molecule has 102 valence electrons. The van der Waals surface area contributed by atoms with Crippen LogP contribution in [-0.4, -0.2) is 16.2 Å². The minimum absolute atomic E-state index is 0.462. The number of hydrogen-bond acceptors (Lipinski definition) is 4. The summed E-state index contributed by atoms with van der Waals surface area (Å²) in [7, 11) is 0. The van der Waals surface area contributed by atoms with Crippen LogP contribution in [0.2, 0.25) is 0 Å². The largest absolute Gasteiger partial charge is 0.419 e.